The lowest BCUT2D eigenvalue weighted by molar-refractivity contribution is 0.164. The van der Waals surface area contributed by atoms with E-state index in [9.17, 15) is 8.42 Å². The number of hydrogen-bond acceptors (Lipinski definition) is 3. The molecule has 1 saturated heterocycles. The number of aliphatic hydroxyl groups is 1. The van der Waals surface area contributed by atoms with E-state index in [4.69, 9.17) is 5.11 Å². The third-order valence-corrected chi connectivity index (χ3v) is 5.39. The van der Waals surface area contributed by atoms with Crippen molar-refractivity contribution in [3.63, 3.8) is 0 Å². The molecule has 0 radical (unpaired) electrons. The van der Waals surface area contributed by atoms with Gasteiger partial charge >= 0.3 is 0 Å². The average Bonchev–Trinajstić information content (AvgIpc) is 2.81. The van der Waals surface area contributed by atoms with Gasteiger partial charge in [-0.2, -0.15) is 17.4 Å². The fourth-order valence-corrected chi connectivity index (χ4v) is 4.31. The molecule has 1 atom stereocenters. The molecule has 5 nitrogen and oxygen atoms in total. The van der Waals surface area contributed by atoms with Gasteiger partial charge in [0.15, 0.2) is 0 Å². The molecule has 2 fully saturated rings. The molecule has 6 heteroatoms. The Bertz CT molecular complexity index is 339. The first-order chi connectivity index (χ1) is 8.12. The highest BCUT2D eigenvalue weighted by Gasteiger charge is 2.30. The molecule has 2 rings (SSSR count). The Morgan fingerprint density at radius 1 is 1.18 bits per heavy atom. The van der Waals surface area contributed by atoms with E-state index in [1.807, 2.05) is 0 Å². The molecular formula is C11H22N2O3S. The smallest absolute Gasteiger partial charge is 0.279 e. The highest BCUT2D eigenvalue weighted by molar-refractivity contribution is 7.87. The second-order valence-corrected chi connectivity index (χ2v) is 6.86. The molecule has 2 aliphatic rings. The van der Waals surface area contributed by atoms with Gasteiger partial charge in [0, 0.05) is 25.7 Å². The van der Waals surface area contributed by atoms with Gasteiger partial charge < -0.3 is 5.11 Å². The van der Waals surface area contributed by atoms with Crippen LogP contribution in [0.2, 0.25) is 0 Å². The van der Waals surface area contributed by atoms with Crippen LogP contribution in [0.1, 0.15) is 38.5 Å². The Hall–Kier alpha value is -0.170. The van der Waals surface area contributed by atoms with Crippen molar-refractivity contribution in [2.24, 2.45) is 5.92 Å². The Balaban J connectivity index is 1.94. The Morgan fingerprint density at radius 3 is 2.53 bits per heavy atom. The summed E-state index contributed by atoms with van der Waals surface area (Å²) in [5.41, 5.74) is 0. The standard InChI is InChI=1S/C11H22N2O3S/c14-9-10-4-3-7-13(8-10)17(15,16)12-11-5-1-2-6-11/h10-12,14H,1-9H2. The van der Waals surface area contributed by atoms with Gasteiger partial charge in [-0.1, -0.05) is 12.8 Å². The van der Waals surface area contributed by atoms with Crippen LogP contribution in [0.3, 0.4) is 0 Å². The SMILES string of the molecule is O=S(=O)(NC1CCCC1)N1CCCC(CO)C1. The van der Waals surface area contributed by atoms with Crippen molar-refractivity contribution in [2.75, 3.05) is 19.7 Å². The van der Waals surface area contributed by atoms with Crippen molar-refractivity contribution in [1.29, 1.82) is 0 Å². The van der Waals surface area contributed by atoms with Gasteiger partial charge in [0.05, 0.1) is 0 Å². The molecule has 0 aromatic carbocycles. The molecule has 0 amide bonds. The van der Waals surface area contributed by atoms with Crippen LogP contribution in [-0.2, 0) is 10.2 Å². The minimum absolute atomic E-state index is 0.0788. The number of hydrogen-bond donors (Lipinski definition) is 2. The molecular weight excluding hydrogens is 240 g/mol. The first-order valence-corrected chi connectivity index (χ1v) is 7.94. The lowest BCUT2D eigenvalue weighted by Crippen LogP contribution is -2.48. The largest absolute Gasteiger partial charge is 0.396 e. The summed E-state index contributed by atoms with van der Waals surface area (Å²) < 4.78 is 28.6. The van der Waals surface area contributed by atoms with Crippen LogP contribution >= 0.6 is 0 Å². The summed E-state index contributed by atoms with van der Waals surface area (Å²) in [7, 11) is -3.34. The van der Waals surface area contributed by atoms with Crippen LogP contribution in [0, 0.1) is 5.92 Å². The normalized spacial score (nSPS) is 28.6. The van der Waals surface area contributed by atoms with E-state index >= 15 is 0 Å². The van der Waals surface area contributed by atoms with Crippen LogP contribution in [-0.4, -0.2) is 43.6 Å². The van der Waals surface area contributed by atoms with Gasteiger partial charge in [-0.05, 0) is 31.6 Å². The predicted octanol–water partition coefficient (Wildman–Crippen LogP) is 0.468. The van der Waals surface area contributed by atoms with E-state index < -0.39 is 10.2 Å². The summed E-state index contributed by atoms with van der Waals surface area (Å²) in [6.07, 6.45) is 5.91. The van der Waals surface area contributed by atoms with E-state index in [1.54, 1.807) is 0 Å². The molecule has 1 aliphatic heterocycles. The topological polar surface area (TPSA) is 69.6 Å². The molecule has 0 spiro atoms. The summed E-state index contributed by atoms with van der Waals surface area (Å²) in [5.74, 6) is 0.101. The predicted molar refractivity (Wildman–Crippen MR) is 65.7 cm³/mol. The summed E-state index contributed by atoms with van der Waals surface area (Å²) >= 11 is 0. The van der Waals surface area contributed by atoms with Gasteiger partial charge in [0.25, 0.3) is 10.2 Å². The third kappa shape index (κ3) is 3.40. The maximum absolute atomic E-state index is 12.1. The molecule has 0 bridgehead atoms. The summed E-state index contributed by atoms with van der Waals surface area (Å²) in [4.78, 5) is 0. The van der Waals surface area contributed by atoms with Crippen molar-refractivity contribution in [3.05, 3.63) is 0 Å². The molecule has 1 saturated carbocycles. The maximum Gasteiger partial charge on any atom is 0.279 e. The number of aliphatic hydroxyl groups excluding tert-OH is 1. The van der Waals surface area contributed by atoms with Crippen molar-refractivity contribution >= 4 is 10.2 Å². The Morgan fingerprint density at radius 2 is 1.88 bits per heavy atom. The van der Waals surface area contributed by atoms with Crippen molar-refractivity contribution in [2.45, 2.75) is 44.6 Å². The first-order valence-electron chi connectivity index (χ1n) is 6.50. The average molecular weight is 262 g/mol. The second-order valence-electron chi connectivity index (χ2n) is 5.15. The molecule has 0 aromatic heterocycles. The summed E-state index contributed by atoms with van der Waals surface area (Å²) in [6, 6.07) is 0.120. The van der Waals surface area contributed by atoms with Crippen molar-refractivity contribution in [1.82, 2.24) is 9.03 Å². The minimum atomic E-state index is -3.34. The fraction of sp³-hybridized carbons (Fsp3) is 1.00. The van der Waals surface area contributed by atoms with Crippen LogP contribution in [0.15, 0.2) is 0 Å². The van der Waals surface area contributed by atoms with Crippen LogP contribution < -0.4 is 4.72 Å². The second kappa shape index (κ2) is 5.65. The highest BCUT2D eigenvalue weighted by Crippen LogP contribution is 2.22. The molecule has 2 N–H and O–H groups in total. The molecule has 1 unspecified atom stereocenters. The third-order valence-electron chi connectivity index (χ3n) is 3.75. The lowest BCUT2D eigenvalue weighted by atomic mass is 10.0. The highest BCUT2D eigenvalue weighted by atomic mass is 32.2. The van der Waals surface area contributed by atoms with Gasteiger partial charge in [-0.3, -0.25) is 0 Å². The van der Waals surface area contributed by atoms with Crippen molar-refractivity contribution < 1.29 is 13.5 Å². The number of nitrogens with one attached hydrogen (secondary N) is 1. The number of rotatable bonds is 4. The van der Waals surface area contributed by atoms with E-state index in [0.29, 0.717) is 13.1 Å². The van der Waals surface area contributed by atoms with Crippen LogP contribution in [0.25, 0.3) is 0 Å². The van der Waals surface area contributed by atoms with E-state index in [2.05, 4.69) is 4.72 Å². The number of piperidine rings is 1. The fourth-order valence-electron chi connectivity index (χ4n) is 2.72. The lowest BCUT2D eigenvalue weighted by Gasteiger charge is -2.31. The van der Waals surface area contributed by atoms with Crippen molar-refractivity contribution in [3.8, 4) is 0 Å². The van der Waals surface area contributed by atoms with Gasteiger partial charge in [-0.15, -0.1) is 0 Å². The molecule has 0 aromatic rings. The molecule has 1 heterocycles. The van der Waals surface area contributed by atoms with Crippen LogP contribution in [0.4, 0.5) is 0 Å². The van der Waals surface area contributed by atoms with Crippen LogP contribution in [0.5, 0.6) is 0 Å². The molecule has 17 heavy (non-hydrogen) atoms. The zero-order valence-corrected chi connectivity index (χ0v) is 11.0. The molecule has 100 valence electrons. The monoisotopic (exact) mass is 262 g/mol. The quantitative estimate of drug-likeness (QED) is 0.773. The van der Waals surface area contributed by atoms with E-state index in [1.165, 1.54) is 4.31 Å². The van der Waals surface area contributed by atoms with E-state index in [-0.39, 0.29) is 18.6 Å². The zero-order valence-electron chi connectivity index (χ0n) is 10.1. The first kappa shape index (κ1) is 13.3. The van der Waals surface area contributed by atoms with Gasteiger partial charge in [0.1, 0.15) is 0 Å². The summed E-state index contributed by atoms with van der Waals surface area (Å²) in [5, 5.41) is 9.12. The van der Waals surface area contributed by atoms with Gasteiger partial charge in [-0.25, -0.2) is 0 Å². The zero-order chi connectivity index (χ0) is 12.3. The summed E-state index contributed by atoms with van der Waals surface area (Å²) in [6.45, 7) is 1.12. The van der Waals surface area contributed by atoms with E-state index in [0.717, 1.165) is 38.5 Å². The minimum Gasteiger partial charge on any atom is -0.396 e. The molecule has 1 aliphatic carbocycles. The Labute approximate surface area is 103 Å². The number of nitrogens with zero attached hydrogens (tertiary/aromatic N) is 1. The Kier molecular flexibility index (Phi) is 4.41. The maximum atomic E-state index is 12.1. The van der Waals surface area contributed by atoms with Gasteiger partial charge in [0.2, 0.25) is 0 Å².